The summed E-state index contributed by atoms with van der Waals surface area (Å²) in [5.74, 6) is -0.117. The molecule has 0 bridgehead atoms. The number of hydrogen-bond donors (Lipinski definition) is 2. The molecule has 108 valence electrons. The summed E-state index contributed by atoms with van der Waals surface area (Å²) in [4.78, 5) is 25.5. The zero-order valence-corrected chi connectivity index (χ0v) is 11.9. The van der Waals surface area contributed by atoms with Crippen molar-refractivity contribution in [1.29, 1.82) is 0 Å². The van der Waals surface area contributed by atoms with E-state index in [0.29, 0.717) is 10.7 Å². The Bertz CT molecular complexity index is 470. The van der Waals surface area contributed by atoms with Crippen LogP contribution in [0.3, 0.4) is 0 Å². The van der Waals surface area contributed by atoms with Gasteiger partial charge in [-0.15, -0.1) is 0 Å². The third-order valence-corrected chi connectivity index (χ3v) is 3.42. The highest BCUT2D eigenvalue weighted by Gasteiger charge is 2.16. The number of amides is 2. The van der Waals surface area contributed by atoms with E-state index in [1.807, 2.05) is 0 Å². The molecule has 2 N–H and O–H groups in total. The molecule has 1 saturated heterocycles. The first-order chi connectivity index (χ1) is 9.65. The Morgan fingerprint density at radius 2 is 1.80 bits per heavy atom. The summed E-state index contributed by atoms with van der Waals surface area (Å²) in [6.07, 6.45) is 0.449. The molecule has 6 heteroatoms. The molecular formula is C14H18ClN3O2. The first kappa shape index (κ1) is 14.8. The molecule has 0 atom stereocenters. The van der Waals surface area contributed by atoms with E-state index in [4.69, 9.17) is 11.6 Å². The van der Waals surface area contributed by atoms with E-state index in [9.17, 15) is 9.59 Å². The van der Waals surface area contributed by atoms with Crippen LogP contribution in [0.4, 0.5) is 5.69 Å². The highest BCUT2D eigenvalue weighted by molar-refractivity contribution is 6.30. The number of nitrogens with zero attached hydrogens (tertiary/aromatic N) is 1. The number of carbonyl (C=O) groups is 2. The van der Waals surface area contributed by atoms with Crippen LogP contribution in [0.1, 0.15) is 12.8 Å². The molecule has 0 radical (unpaired) electrons. The van der Waals surface area contributed by atoms with Crippen molar-refractivity contribution in [3.63, 3.8) is 0 Å². The lowest BCUT2D eigenvalue weighted by atomic mass is 10.2. The van der Waals surface area contributed by atoms with Crippen LogP contribution in [0.5, 0.6) is 0 Å². The van der Waals surface area contributed by atoms with Gasteiger partial charge in [-0.05, 0) is 24.3 Å². The second-order valence-corrected chi connectivity index (χ2v) is 5.12. The van der Waals surface area contributed by atoms with Gasteiger partial charge in [-0.25, -0.2) is 0 Å². The molecule has 1 aliphatic rings. The van der Waals surface area contributed by atoms with E-state index >= 15 is 0 Å². The summed E-state index contributed by atoms with van der Waals surface area (Å²) in [6, 6.07) is 6.89. The SMILES string of the molecule is O=C(CCC(=O)N1CCNCC1)Nc1ccc(Cl)cc1. The lowest BCUT2D eigenvalue weighted by Gasteiger charge is -2.27. The molecule has 1 heterocycles. The molecule has 0 spiro atoms. The third kappa shape index (κ3) is 4.51. The van der Waals surface area contributed by atoms with Gasteiger partial charge in [0, 0.05) is 49.7 Å². The minimum Gasteiger partial charge on any atom is -0.340 e. The Labute approximate surface area is 123 Å². The molecule has 5 nitrogen and oxygen atoms in total. The molecule has 0 aromatic heterocycles. The van der Waals surface area contributed by atoms with Crippen LogP contribution in [-0.2, 0) is 9.59 Å². The van der Waals surface area contributed by atoms with Gasteiger partial charge < -0.3 is 15.5 Å². The largest absolute Gasteiger partial charge is 0.340 e. The lowest BCUT2D eigenvalue weighted by Crippen LogP contribution is -2.46. The second-order valence-electron chi connectivity index (χ2n) is 4.69. The number of piperazine rings is 1. The van der Waals surface area contributed by atoms with Crippen LogP contribution in [-0.4, -0.2) is 42.9 Å². The molecule has 0 saturated carbocycles. The van der Waals surface area contributed by atoms with E-state index in [1.165, 1.54) is 0 Å². The summed E-state index contributed by atoms with van der Waals surface area (Å²) in [5, 5.41) is 6.56. The van der Waals surface area contributed by atoms with Gasteiger partial charge in [-0.2, -0.15) is 0 Å². The van der Waals surface area contributed by atoms with Gasteiger partial charge in [0.25, 0.3) is 0 Å². The zero-order chi connectivity index (χ0) is 14.4. The maximum Gasteiger partial charge on any atom is 0.224 e. The molecule has 2 rings (SSSR count). The van der Waals surface area contributed by atoms with Gasteiger partial charge in [-0.1, -0.05) is 11.6 Å². The van der Waals surface area contributed by atoms with Crippen LogP contribution >= 0.6 is 11.6 Å². The Morgan fingerprint density at radius 1 is 1.15 bits per heavy atom. The van der Waals surface area contributed by atoms with Crippen LogP contribution < -0.4 is 10.6 Å². The number of carbonyl (C=O) groups excluding carboxylic acids is 2. The molecule has 1 aliphatic heterocycles. The second kappa shape index (κ2) is 7.26. The average Bonchev–Trinajstić information content (AvgIpc) is 2.48. The smallest absolute Gasteiger partial charge is 0.224 e. The topological polar surface area (TPSA) is 61.4 Å². The third-order valence-electron chi connectivity index (χ3n) is 3.16. The van der Waals surface area contributed by atoms with Crippen LogP contribution in [0.2, 0.25) is 5.02 Å². The normalized spacial score (nSPS) is 14.9. The average molecular weight is 296 g/mol. The minimum absolute atomic E-state index is 0.0396. The molecule has 2 amide bonds. The van der Waals surface area contributed by atoms with Crippen molar-refractivity contribution < 1.29 is 9.59 Å². The number of halogens is 1. The fourth-order valence-electron chi connectivity index (χ4n) is 2.05. The van der Waals surface area contributed by atoms with Crippen molar-refractivity contribution in [2.75, 3.05) is 31.5 Å². The Kier molecular flexibility index (Phi) is 5.38. The zero-order valence-electron chi connectivity index (χ0n) is 11.2. The van der Waals surface area contributed by atoms with Gasteiger partial charge in [0.1, 0.15) is 0 Å². The predicted molar refractivity (Wildman–Crippen MR) is 78.8 cm³/mol. The van der Waals surface area contributed by atoms with Crippen molar-refractivity contribution >= 4 is 29.1 Å². The molecule has 20 heavy (non-hydrogen) atoms. The minimum atomic E-state index is -0.157. The number of rotatable bonds is 4. The van der Waals surface area contributed by atoms with Gasteiger partial charge in [-0.3, -0.25) is 9.59 Å². The van der Waals surface area contributed by atoms with E-state index < -0.39 is 0 Å². The Balaban J connectivity index is 1.74. The summed E-state index contributed by atoms with van der Waals surface area (Å²) >= 11 is 5.77. The Hall–Kier alpha value is -1.59. The monoisotopic (exact) mass is 295 g/mol. The molecule has 1 fully saturated rings. The summed E-state index contributed by atoms with van der Waals surface area (Å²) in [7, 11) is 0. The van der Waals surface area contributed by atoms with E-state index in [1.54, 1.807) is 29.2 Å². The highest BCUT2D eigenvalue weighted by atomic mass is 35.5. The highest BCUT2D eigenvalue weighted by Crippen LogP contribution is 2.13. The number of hydrogen-bond acceptors (Lipinski definition) is 3. The van der Waals surface area contributed by atoms with E-state index in [2.05, 4.69) is 10.6 Å². The molecule has 0 unspecified atom stereocenters. The number of benzene rings is 1. The van der Waals surface area contributed by atoms with Gasteiger partial charge in [0.05, 0.1) is 0 Å². The van der Waals surface area contributed by atoms with E-state index in [0.717, 1.165) is 26.2 Å². The van der Waals surface area contributed by atoms with Crippen LogP contribution in [0, 0.1) is 0 Å². The van der Waals surface area contributed by atoms with Gasteiger partial charge in [0.2, 0.25) is 11.8 Å². The maximum absolute atomic E-state index is 11.9. The first-order valence-electron chi connectivity index (χ1n) is 6.69. The molecule has 0 aliphatic carbocycles. The van der Waals surface area contributed by atoms with Gasteiger partial charge >= 0.3 is 0 Å². The number of nitrogens with one attached hydrogen (secondary N) is 2. The van der Waals surface area contributed by atoms with Crippen LogP contribution in [0.15, 0.2) is 24.3 Å². The lowest BCUT2D eigenvalue weighted by molar-refractivity contribution is -0.133. The van der Waals surface area contributed by atoms with E-state index in [-0.39, 0.29) is 24.7 Å². The van der Waals surface area contributed by atoms with Crippen molar-refractivity contribution in [3.8, 4) is 0 Å². The molecule has 1 aromatic rings. The van der Waals surface area contributed by atoms with Crippen molar-refractivity contribution in [2.24, 2.45) is 0 Å². The summed E-state index contributed by atoms with van der Waals surface area (Å²) in [5.41, 5.74) is 0.689. The molecular weight excluding hydrogens is 278 g/mol. The number of anilines is 1. The van der Waals surface area contributed by atoms with Crippen LogP contribution in [0.25, 0.3) is 0 Å². The first-order valence-corrected chi connectivity index (χ1v) is 7.07. The quantitative estimate of drug-likeness (QED) is 0.885. The maximum atomic E-state index is 11.9. The molecule has 1 aromatic carbocycles. The van der Waals surface area contributed by atoms with Gasteiger partial charge in [0.15, 0.2) is 0 Å². The summed E-state index contributed by atoms with van der Waals surface area (Å²) in [6.45, 7) is 3.08. The fraction of sp³-hybridized carbons (Fsp3) is 0.429. The predicted octanol–water partition coefficient (Wildman–Crippen LogP) is 1.49. The Morgan fingerprint density at radius 3 is 2.45 bits per heavy atom. The van der Waals surface area contributed by atoms with Crippen molar-refractivity contribution in [1.82, 2.24) is 10.2 Å². The van der Waals surface area contributed by atoms with Crippen molar-refractivity contribution in [2.45, 2.75) is 12.8 Å². The fourth-order valence-corrected chi connectivity index (χ4v) is 2.18. The van der Waals surface area contributed by atoms with Crippen molar-refractivity contribution in [3.05, 3.63) is 29.3 Å². The standard InChI is InChI=1S/C14H18ClN3O2/c15-11-1-3-12(4-2-11)17-13(19)5-6-14(20)18-9-7-16-8-10-18/h1-4,16H,5-10H2,(H,17,19). The summed E-state index contributed by atoms with van der Waals surface area (Å²) < 4.78 is 0.